The zero-order valence-electron chi connectivity index (χ0n) is 11.9. The fraction of sp³-hybridized carbons (Fsp3) is 0.462. The number of thiophene rings is 1. The first-order chi connectivity index (χ1) is 9.38. The normalized spacial score (nSPS) is 10.2. The van der Waals surface area contributed by atoms with E-state index in [0.717, 1.165) is 10.4 Å². The number of carbonyl (C=O) groups excluding carboxylic acids is 2. The van der Waals surface area contributed by atoms with E-state index in [9.17, 15) is 9.59 Å². The lowest BCUT2D eigenvalue weighted by Gasteiger charge is -2.14. The Kier molecular flexibility index (Phi) is 5.67. The molecular formula is C13H17N3O3S. The van der Waals surface area contributed by atoms with Crippen molar-refractivity contribution in [2.75, 3.05) is 32.6 Å². The summed E-state index contributed by atoms with van der Waals surface area (Å²) < 4.78 is 4.52. The molecule has 0 aliphatic rings. The summed E-state index contributed by atoms with van der Waals surface area (Å²) in [4.78, 5) is 25.5. The van der Waals surface area contributed by atoms with Crippen LogP contribution in [-0.2, 0) is 14.3 Å². The molecule has 1 rings (SSSR count). The summed E-state index contributed by atoms with van der Waals surface area (Å²) in [6.45, 7) is 3.84. The van der Waals surface area contributed by atoms with Crippen molar-refractivity contribution in [2.24, 2.45) is 0 Å². The molecule has 1 aromatic heterocycles. The molecule has 1 heterocycles. The predicted octanol–water partition coefficient (Wildman–Crippen LogP) is 1.28. The Bertz CT molecular complexity index is 560. The number of methoxy groups -OCH3 is 1. The van der Waals surface area contributed by atoms with Crippen LogP contribution in [0.3, 0.4) is 0 Å². The maximum atomic E-state index is 11.9. The van der Waals surface area contributed by atoms with Crippen LogP contribution in [0.2, 0.25) is 0 Å². The summed E-state index contributed by atoms with van der Waals surface area (Å²) in [6.07, 6.45) is 0. The number of hydrogen-bond acceptors (Lipinski definition) is 6. The number of anilines is 1. The zero-order valence-corrected chi connectivity index (χ0v) is 12.8. The van der Waals surface area contributed by atoms with Crippen molar-refractivity contribution in [3.8, 4) is 6.07 Å². The largest absolute Gasteiger partial charge is 0.468 e. The van der Waals surface area contributed by atoms with Crippen molar-refractivity contribution in [1.29, 1.82) is 5.26 Å². The molecule has 0 aromatic carbocycles. The molecule has 0 unspecified atom stereocenters. The molecule has 7 heteroatoms. The number of nitrogens with one attached hydrogen (secondary N) is 1. The highest BCUT2D eigenvalue weighted by Gasteiger charge is 2.16. The summed E-state index contributed by atoms with van der Waals surface area (Å²) in [5.41, 5.74) is 1.38. The Morgan fingerprint density at radius 1 is 1.40 bits per heavy atom. The van der Waals surface area contributed by atoms with Crippen molar-refractivity contribution in [3.63, 3.8) is 0 Å². The molecule has 1 aromatic rings. The maximum absolute atomic E-state index is 11.9. The van der Waals surface area contributed by atoms with Crippen molar-refractivity contribution in [3.05, 3.63) is 16.0 Å². The molecule has 0 spiro atoms. The Hall–Kier alpha value is -1.91. The van der Waals surface area contributed by atoms with E-state index in [1.165, 1.54) is 18.4 Å². The molecule has 0 saturated heterocycles. The average Bonchev–Trinajstić information content (AvgIpc) is 2.63. The third-order valence-corrected chi connectivity index (χ3v) is 3.91. The number of ether oxygens (including phenoxy) is 1. The summed E-state index contributed by atoms with van der Waals surface area (Å²) in [5.74, 6) is -0.671. The Morgan fingerprint density at radius 3 is 2.60 bits per heavy atom. The molecule has 20 heavy (non-hydrogen) atoms. The van der Waals surface area contributed by atoms with Crippen molar-refractivity contribution in [1.82, 2.24) is 4.90 Å². The van der Waals surface area contributed by atoms with Gasteiger partial charge in [0.25, 0.3) is 0 Å². The summed E-state index contributed by atoms with van der Waals surface area (Å²) in [6, 6.07) is 2.09. The topological polar surface area (TPSA) is 82.4 Å². The van der Waals surface area contributed by atoms with Crippen LogP contribution in [0.5, 0.6) is 0 Å². The highest BCUT2D eigenvalue weighted by atomic mass is 32.1. The van der Waals surface area contributed by atoms with E-state index < -0.39 is 5.97 Å². The first-order valence-electron chi connectivity index (χ1n) is 5.94. The van der Waals surface area contributed by atoms with E-state index in [2.05, 4.69) is 16.1 Å². The minimum Gasteiger partial charge on any atom is -0.468 e. The Morgan fingerprint density at radius 2 is 2.05 bits per heavy atom. The van der Waals surface area contributed by atoms with Crippen molar-refractivity contribution < 1.29 is 14.3 Å². The van der Waals surface area contributed by atoms with E-state index in [4.69, 9.17) is 5.26 Å². The Labute approximate surface area is 121 Å². The van der Waals surface area contributed by atoms with Crippen molar-refractivity contribution in [2.45, 2.75) is 13.8 Å². The number of aryl methyl sites for hydroxylation is 1. The Balaban J connectivity index is 2.66. The van der Waals surface area contributed by atoms with Gasteiger partial charge in [-0.1, -0.05) is 0 Å². The van der Waals surface area contributed by atoms with Gasteiger partial charge in [0.15, 0.2) is 0 Å². The number of hydrogen-bond donors (Lipinski definition) is 1. The molecule has 1 N–H and O–H groups in total. The van der Waals surface area contributed by atoms with Gasteiger partial charge in [0.2, 0.25) is 5.91 Å². The standard InChI is InChI=1S/C13H17N3O3S/c1-8-9(2)20-13(10(8)5-14)15-11(17)6-16(3)7-12(18)19-4/h6-7H2,1-4H3,(H,15,17). The molecule has 0 aliphatic heterocycles. The van der Waals surface area contributed by atoms with Gasteiger partial charge in [-0.2, -0.15) is 5.26 Å². The monoisotopic (exact) mass is 295 g/mol. The number of esters is 1. The quantitative estimate of drug-likeness (QED) is 0.827. The van der Waals surface area contributed by atoms with Crippen LogP contribution in [0.15, 0.2) is 0 Å². The third kappa shape index (κ3) is 4.05. The summed E-state index contributed by atoms with van der Waals surface area (Å²) in [5, 5.41) is 12.4. The first kappa shape index (κ1) is 16.1. The molecule has 108 valence electrons. The van der Waals surface area contributed by atoms with E-state index in [-0.39, 0.29) is 19.0 Å². The van der Waals surface area contributed by atoms with E-state index in [1.807, 2.05) is 13.8 Å². The zero-order chi connectivity index (χ0) is 15.3. The van der Waals surface area contributed by atoms with Crippen LogP contribution in [0.1, 0.15) is 16.0 Å². The number of amides is 1. The van der Waals surface area contributed by atoms with Crippen LogP contribution < -0.4 is 5.32 Å². The molecule has 0 bridgehead atoms. The lowest BCUT2D eigenvalue weighted by molar-refractivity contribution is -0.141. The molecule has 0 atom stereocenters. The molecule has 0 saturated carbocycles. The van der Waals surface area contributed by atoms with Gasteiger partial charge in [-0.3, -0.25) is 14.5 Å². The van der Waals surface area contributed by atoms with Gasteiger partial charge in [-0.25, -0.2) is 0 Å². The van der Waals surface area contributed by atoms with Crippen LogP contribution in [-0.4, -0.2) is 44.0 Å². The number of nitrogens with zero attached hydrogens (tertiary/aromatic N) is 2. The number of nitriles is 1. The SMILES string of the molecule is COC(=O)CN(C)CC(=O)Nc1sc(C)c(C)c1C#N. The van der Waals surface area contributed by atoms with Gasteiger partial charge in [0.1, 0.15) is 11.1 Å². The van der Waals surface area contributed by atoms with Gasteiger partial charge >= 0.3 is 5.97 Å². The van der Waals surface area contributed by atoms with Crippen LogP contribution >= 0.6 is 11.3 Å². The van der Waals surface area contributed by atoms with Gasteiger partial charge < -0.3 is 10.1 Å². The number of rotatable bonds is 5. The summed E-state index contributed by atoms with van der Waals surface area (Å²) in [7, 11) is 2.94. The second-order valence-electron chi connectivity index (χ2n) is 4.40. The van der Waals surface area contributed by atoms with E-state index >= 15 is 0 Å². The first-order valence-corrected chi connectivity index (χ1v) is 6.76. The molecule has 0 fully saturated rings. The molecule has 0 radical (unpaired) electrons. The lowest BCUT2D eigenvalue weighted by atomic mass is 10.2. The number of carbonyl (C=O) groups is 2. The van der Waals surface area contributed by atoms with Crippen molar-refractivity contribution >= 4 is 28.2 Å². The van der Waals surface area contributed by atoms with Crippen LogP contribution in [0.4, 0.5) is 5.00 Å². The smallest absolute Gasteiger partial charge is 0.319 e. The highest BCUT2D eigenvalue weighted by molar-refractivity contribution is 7.16. The van der Waals surface area contributed by atoms with Crippen LogP contribution in [0, 0.1) is 25.2 Å². The van der Waals surface area contributed by atoms with Crippen LogP contribution in [0.25, 0.3) is 0 Å². The molecule has 1 amide bonds. The lowest BCUT2D eigenvalue weighted by Crippen LogP contribution is -2.34. The highest BCUT2D eigenvalue weighted by Crippen LogP contribution is 2.31. The maximum Gasteiger partial charge on any atom is 0.319 e. The molecular weight excluding hydrogens is 278 g/mol. The third-order valence-electron chi connectivity index (χ3n) is 2.79. The predicted molar refractivity (Wildman–Crippen MR) is 76.7 cm³/mol. The number of likely N-dealkylation sites (N-methyl/N-ethyl adjacent to an activating group) is 1. The second kappa shape index (κ2) is 7.03. The molecule has 0 aliphatic carbocycles. The van der Waals surface area contributed by atoms with Gasteiger partial charge in [-0.05, 0) is 26.5 Å². The van der Waals surface area contributed by atoms with Gasteiger partial charge in [-0.15, -0.1) is 11.3 Å². The summed E-state index contributed by atoms with van der Waals surface area (Å²) >= 11 is 1.37. The second-order valence-corrected chi connectivity index (χ2v) is 5.62. The minimum absolute atomic E-state index is 0.0392. The fourth-order valence-corrected chi connectivity index (χ4v) is 2.63. The van der Waals surface area contributed by atoms with Gasteiger partial charge in [0, 0.05) is 4.88 Å². The average molecular weight is 295 g/mol. The minimum atomic E-state index is -0.402. The van der Waals surface area contributed by atoms with E-state index in [0.29, 0.717) is 10.6 Å². The fourth-order valence-electron chi connectivity index (χ4n) is 1.60. The van der Waals surface area contributed by atoms with Gasteiger partial charge in [0.05, 0.1) is 25.8 Å². The molecule has 6 nitrogen and oxygen atoms in total. The van der Waals surface area contributed by atoms with E-state index in [1.54, 1.807) is 11.9 Å².